The summed E-state index contributed by atoms with van der Waals surface area (Å²) in [6.07, 6.45) is 0.938. The Kier molecular flexibility index (Phi) is 7.25. The van der Waals surface area contributed by atoms with E-state index in [9.17, 15) is 9.59 Å². The molecule has 0 fully saturated rings. The van der Waals surface area contributed by atoms with Gasteiger partial charge in [0.25, 0.3) is 5.91 Å². The molecular formula is C28H30N2O5. The van der Waals surface area contributed by atoms with Crippen LogP contribution in [0.1, 0.15) is 46.4 Å². The van der Waals surface area contributed by atoms with Gasteiger partial charge < -0.3 is 24.4 Å². The smallest absolute Gasteiger partial charge is 0.255 e. The van der Waals surface area contributed by atoms with Gasteiger partial charge in [0.05, 0.1) is 33.8 Å². The van der Waals surface area contributed by atoms with E-state index in [-0.39, 0.29) is 18.2 Å². The van der Waals surface area contributed by atoms with Crippen LogP contribution in [-0.2, 0) is 17.8 Å². The highest BCUT2D eigenvalue weighted by Gasteiger charge is 2.35. The molecule has 2 amide bonds. The Balaban J connectivity index is 1.70. The first-order valence-electron chi connectivity index (χ1n) is 11.6. The van der Waals surface area contributed by atoms with Gasteiger partial charge in [0.15, 0.2) is 11.5 Å². The number of anilines is 1. The molecule has 0 aliphatic carbocycles. The van der Waals surface area contributed by atoms with Gasteiger partial charge in [-0.2, -0.15) is 0 Å². The second-order valence-electron chi connectivity index (χ2n) is 8.37. The Hall–Kier alpha value is -4.00. The summed E-state index contributed by atoms with van der Waals surface area (Å²) in [5.74, 6) is 1.08. The lowest BCUT2D eigenvalue weighted by atomic mass is 10.00. The van der Waals surface area contributed by atoms with Crippen LogP contribution in [0.2, 0.25) is 0 Å². The third-order valence-corrected chi connectivity index (χ3v) is 6.30. The highest BCUT2D eigenvalue weighted by atomic mass is 16.5. The van der Waals surface area contributed by atoms with Gasteiger partial charge in [-0.1, -0.05) is 37.3 Å². The van der Waals surface area contributed by atoms with Gasteiger partial charge >= 0.3 is 0 Å². The molecule has 1 atom stereocenters. The average Bonchev–Trinajstić information content (AvgIpc) is 3.22. The van der Waals surface area contributed by atoms with Crippen molar-refractivity contribution in [3.63, 3.8) is 0 Å². The molecule has 1 aliphatic rings. The van der Waals surface area contributed by atoms with Crippen molar-refractivity contribution in [2.24, 2.45) is 0 Å². The van der Waals surface area contributed by atoms with Gasteiger partial charge in [-0.15, -0.1) is 0 Å². The number of nitrogens with one attached hydrogen (secondary N) is 1. The highest BCUT2D eigenvalue weighted by Crippen LogP contribution is 2.43. The number of hydrogen-bond donors (Lipinski definition) is 1. The zero-order chi connectivity index (χ0) is 24.9. The number of nitrogens with zero attached hydrogens (tertiary/aromatic N) is 1. The molecule has 3 aromatic carbocycles. The van der Waals surface area contributed by atoms with Gasteiger partial charge in [-0.25, -0.2) is 0 Å². The van der Waals surface area contributed by atoms with Crippen LogP contribution >= 0.6 is 0 Å². The summed E-state index contributed by atoms with van der Waals surface area (Å²) < 4.78 is 16.5. The van der Waals surface area contributed by atoms with E-state index < -0.39 is 6.04 Å². The Morgan fingerprint density at radius 2 is 1.69 bits per heavy atom. The number of methoxy groups -OCH3 is 3. The molecule has 0 spiro atoms. The predicted octanol–water partition coefficient (Wildman–Crippen LogP) is 5.00. The zero-order valence-electron chi connectivity index (χ0n) is 20.5. The lowest BCUT2D eigenvalue weighted by Gasteiger charge is -2.29. The normalized spacial score (nSPS) is 13.3. The van der Waals surface area contributed by atoms with Crippen LogP contribution in [0, 0.1) is 0 Å². The molecule has 0 saturated heterocycles. The molecule has 0 saturated carbocycles. The predicted molar refractivity (Wildman–Crippen MR) is 134 cm³/mol. The molecule has 1 heterocycles. The number of amides is 2. The Morgan fingerprint density at radius 3 is 2.31 bits per heavy atom. The van der Waals surface area contributed by atoms with Crippen LogP contribution in [0.15, 0.2) is 60.7 Å². The topological polar surface area (TPSA) is 77.1 Å². The van der Waals surface area contributed by atoms with Crippen molar-refractivity contribution in [3.8, 4) is 17.2 Å². The van der Waals surface area contributed by atoms with E-state index in [1.807, 2.05) is 48.5 Å². The molecular weight excluding hydrogens is 444 g/mol. The molecule has 182 valence electrons. The summed E-state index contributed by atoms with van der Waals surface area (Å²) in [4.78, 5) is 28.3. The van der Waals surface area contributed by atoms with Crippen molar-refractivity contribution in [1.29, 1.82) is 0 Å². The summed E-state index contributed by atoms with van der Waals surface area (Å²) >= 11 is 0. The van der Waals surface area contributed by atoms with Crippen molar-refractivity contribution < 1.29 is 23.8 Å². The maximum absolute atomic E-state index is 13.4. The lowest BCUT2D eigenvalue weighted by Crippen LogP contribution is -2.32. The van der Waals surface area contributed by atoms with Crippen LogP contribution in [0.25, 0.3) is 0 Å². The zero-order valence-corrected chi connectivity index (χ0v) is 20.5. The minimum absolute atomic E-state index is 0.0642. The molecule has 0 radical (unpaired) electrons. The van der Waals surface area contributed by atoms with Crippen LogP contribution in [0.4, 0.5) is 5.69 Å². The van der Waals surface area contributed by atoms with Crippen molar-refractivity contribution in [1.82, 2.24) is 4.90 Å². The van der Waals surface area contributed by atoms with Gasteiger partial charge in [0.2, 0.25) is 11.7 Å². The molecule has 0 unspecified atom stereocenters. The second kappa shape index (κ2) is 10.5. The number of fused-ring (bicyclic) bond motifs is 1. The van der Waals surface area contributed by atoms with Crippen molar-refractivity contribution in [2.45, 2.75) is 32.4 Å². The molecule has 3 aromatic rings. The number of rotatable bonds is 9. The number of hydrogen-bond acceptors (Lipinski definition) is 5. The molecule has 0 bridgehead atoms. The first-order valence-corrected chi connectivity index (χ1v) is 11.6. The largest absolute Gasteiger partial charge is 0.493 e. The van der Waals surface area contributed by atoms with Gasteiger partial charge in [-0.3, -0.25) is 9.59 Å². The van der Waals surface area contributed by atoms with Crippen LogP contribution in [0.3, 0.4) is 0 Å². The first kappa shape index (κ1) is 24.1. The van der Waals surface area contributed by atoms with Crippen molar-refractivity contribution >= 4 is 17.5 Å². The molecule has 1 aliphatic heterocycles. The summed E-state index contributed by atoms with van der Waals surface area (Å²) in [7, 11) is 4.62. The molecule has 4 rings (SSSR count). The average molecular weight is 475 g/mol. The van der Waals surface area contributed by atoms with Gasteiger partial charge in [-0.05, 0) is 53.4 Å². The third-order valence-electron chi connectivity index (χ3n) is 6.30. The monoisotopic (exact) mass is 474 g/mol. The fourth-order valence-corrected chi connectivity index (χ4v) is 4.49. The van der Waals surface area contributed by atoms with Crippen molar-refractivity contribution in [2.75, 3.05) is 26.6 Å². The number of carbonyl (C=O) groups excluding carboxylic acids is 2. The molecule has 7 heteroatoms. The fourth-order valence-electron chi connectivity index (χ4n) is 4.49. The SMILES string of the molecule is CCc1cccc(NC(=O)C[C@@H](c2cc(OC)c(OC)c(OC)c2)N2Cc3ccccc3C2=O)c1. The van der Waals surface area contributed by atoms with E-state index >= 15 is 0 Å². The Bertz CT molecular complexity index is 1210. The van der Waals surface area contributed by atoms with E-state index in [0.29, 0.717) is 29.4 Å². The van der Waals surface area contributed by atoms with Gasteiger partial charge in [0, 0.05) is 17.8 Å². The Labute approximate surface area is 205 Å². The summed E-state index contributed by atoms with van der Waals surface area (Å²) in [5, 5.41) is 2.99. The van der Waals surface area contributed by atoms with E-state index in [2.05, 4.69) is 12.2 Å². The molecule has 7 nitrogen and oxygen atoms in total. The van der Waals surface area contributed by atoms with E-state index in [0.717, 1.165) is 28.8 Å². The van der Waals surface area contributed by atoms with Crippen molar-refractivity contribution in [3.05, 3.63) is 82.9 Å². The summed E-state index contributed by atoms with van der Waals surface area (Å²) in [6.45, 7) is 2.48. The van der Waals surface area contributed by atoms with Gasteiger partial charge in [0.1, 0.15) is 0 Å². The fraction of sp³-hybridized carbons (Fsp3) is 0.286. The minimum atomic E-state index is -0.544. The Morgan fingerprint density at radius 1 is 0.971 bits per heavy atom. The lowest BCUT2D eigenvalue weighted by molar-refractivity contribution is -0.117. The van der Waals surface area contributed by atoms with Crippen LogP contribution in [0.5, 0.6) is 17.2 Å². The first-order chi connectivity index (χ1) is 17.0. The number of aryl methyl sites for hydroxylation is 1. The van der Waals surface area contributed by atoms with E-state index in [1.165, 1.54) is 7.11 Å². The summed E-state index contributed by atoms with van der Waals surface area (Å²) in [5.41, 5.74) is 4.17. The van der Waals surface area contributed by atoms with E-state index in [4.69, 9.17) is 14.2 Å². The highest BCUT2D eigenvalue weighted by molar-refractivity contribution is 5.99. The van der Waals surface area contributed by atoms with E-state index in [1.54, 1.807) is 31.3 Å². The maximum Gasteiger partial charge on any atom is 0.255 e. The standard InChI is InChI=1S/C28H30N2O5/c1-5-18-9-8-11-21(13-18)29-26(31)16-23(30-17-19-10-6-7-12-22(19)28(30)32)20-14-24(33-2)27(35-4)25(15-20)34-3/h6-15,23H,5,16-17H2,1-4H3,(H,29,31)/t23-/m0/s1. The number of ether oxygens (including phenoxy) is 3. The molecule has 0 aromatic heterocycles. The quantitative estimate of drug-likeness (QED) is 0.472. The second-order valence-corrected chi connectivity index (χ2v) is 8.37. The van der Waals surface area contributed by atoms with Crippen LogP contribution < -0.4 is 19.5 Å². The van der Waals surface area contributed by atoms with Crippen LogP contribution in [-0.4, -0.2) is 38.0 Å². The minimum Gasteiger partial charge on any atom is -0.493 e. The number of benzene rings is 3. The molecule has 35 heavy (non-hydrogen) atoms. The number of carbonyl (C=O) groups is 2. The molecule has 1 N–H and O–H groups in total. The summed E-state index contributed by atoms with van der Waals surface area (Å²) in [6, 6.07) is 18.3. The maximum atomic E-state index is 13.4. The third kappa shape index (κ3) is 4.94.